The normalized spacial score (nSPS) is 14.2. The minimum Gasteiger partial charge on any atom is -0.399 e. The number of hydrogen-bond acceptors (Lipinski definition) is 4. The Morgan fingerprint density at radius 3 is 0.875 bits per heavy atom. The molecular weight excluding hydrogens is 668 g/mol. The summed E-state index contributed by atoms with van der Waals surface area (Å²) in [7, 11) is 0. The second kappa shape index (κ2) is 11.8. The zero-order valence-corrected chi connectivity index (χ0v) is 23.8. The second-order valence-electron chi connectivity index (χ2n) is 10.5. The van der Waals surface area contributed by atoms with Gasteiger partial charge in [-0.3, -0.25) is 0 Å². The number of alkyl halides is 12. The summed E-state index contributed by atoms with van der Waals surface area (Å²) in [5.74, 6) is 0. The van der Waals surface area contributed by atoms with Crippen LogP contribution < -0.4 is 21.3 Å². The van der Waals surface area contributed by atoms with Gasteiger partial charge in [0.25, 0.3) is 0 Å². The van der Waals surface area contributed by atoms with Gasteiger partial charge in [0.1, 0.15) is 0 Å². The molecule has 4 nitrogen and oxygen atoms in total. The van der Waals surface area contributed by atoms with Crippen molar-refractivity contribution in [3.63, 3.8) is 0 Å². The summed E-state index contributed by atoms with van der Waals surface area (Å²) in [5.41, 5.74) is 1.39. The molecule has 0 spiro atoms. The first-order valence-electron chi connectivity index (χ1n) is 13.4. The van der Waals surface area contributed by atoms with Crippen LogP contribution in [0.15, 0.2) is 97.6 Å². The Bertz CT molecular complexity index is 1770. The molecule has 0 bridgehead atoms. The topological polar surface area (TPSA) is 58.5 Å². The lowest BCUT2D eigenvalue weighted by Gasteiger charge is -2.27. The molecule has 0 saturated heterocycles. The minimum atomic E-state index is -5.10. The average molecular weight is 689 g/mol. The third-order valence-electron chi connectivity index (χ3n) is 7.27. The van der Waals surface area contributed by atoms with Gasteiger partial charge in [-0.15, -0.1) is 0 Å². The molecule has 0 saturated carbocycles. The first-order chi connectivity index (χ1) is 22.1. The molecule has 4 aromatic carbocycles. The van der Waals surface area contributed by atoms with Crippen LogP contribution in [0.1, 0.15) is 22.3 Å². The molecule has 1 aliphatic rings. The number of benzene rings is 4. The van der Waals surface area contributed by atoms with Crippen LogP contribution in [0.4, 0.5) is 75.4 Å². The molecule has 4 N–H and O–H groups in total. The van der Waals surface area contributed by atoms with Gasteiger partial charge in [-0.05, 0) is 70.8 Å². The van der Waals surface area contributed by atoms with E-state index in [1.165, 1.54) is 24.8 Å². The van der Waals surface area contributed by atoms with Crippen molar-refractivity contribution in [2.45, 2.75) is 24.7 Å². The first-order valence-corrected chi connectivity index (χ1v) is 13.4. The molecule has 48 heavy (non-hydrogen) atoms. The second-order valence-corrected chi connectivity index (χ2v) is 10.5. The van der Waals surface area contributed by atoms with E-state index in [1.54, 1.807) is 0 Å². The number of halogens is 12. The lowest BCUT2D eigenvalue weighted by atomic mass is 9.93. The summed E-state index contributed by atoms with van der Waals surface area (Å²) in [6, 6.07) is 9.94. The van der Waals surface area contributed by atoms with Gasteiger partial charge in [0.15, 0.2) is 0 Å². The minimum absolute atomic E-state index is 0.156. The van der Waals surface area contributed by atoms with Crippen LogP contribution in [-0.4, -0.2) is 0 Å². The van der Waals surface area contributed by atoms with E-state index in [1.807, 2.05) is 0 Å². The number of rotatable bonds is 4. The van der Waals surface area contributed by atoms with E-state index >= 15 is 0 Å². The van der Waals surface area contributed by atoms with E-state index in [-0.39, 0.29) is 22.7 Å². The van der Waals surface area contributed by atoms with Crippen LogP contribution in [-0.2, 0) is 24.7 Å². The van der Waals surface area contributed by atoms with Crippen molar-refractivity contribution in [3.8, 4) is 22.3 Å². The van der Waals surface area contributed by atoms with Gasteiger partial charge in [-0.2, -0.15) is 52.7 Å². The van der Waals surface area contributed by atoms with Crippen molar-refractivity contribution in [1.82, 2.24) is 0 Å². The van der Waals surface area contributed by atoms with Crippen molar-refractivity contribution in [2.24, 2.45) is 0 Å². The van der Waals surface area contributed by atoms with Crippen LogP contribution in [0.5, 0.6) is 0 Å². The molecule has 1 aliphatic heterocycles. The highest BCUT2D eigenvalue weighted by Crippen LogP contribution is 2.46. The summed E-state index contributed by atoms with van der Waals surface area (Å²) >= 11 is 0. The Balaban J connectivity index is 1.50. The van der Waals surface area contributed by atoms with E-state index < -0.39 is 69.2 Å². The Hall–Kier alpha value is -5.28. The van der Waals surface area contributed by atoms with Gasteiger partial charge in [0, 0.05) is 47.5 Å². The fourth-order valence-corrected chi connectivity index (χ4v) is 5.12. The maximum absolute atomic E-state index is 14.1. The molecule has 0 aliphatic carbocycles. The lowest BCUT2D eigenvalue weighted by molar-refractivity contribution is -0.139. The van der Waals surface area contributed by atoms with Gasteiger partial charge < -0.3 is 21.3 Å². The summed E-state index contributed by atoms with van der Waals surface area (Å²) in [6.45, 7) is 0. The van der Waals surface area contributed by atoms with Crippen molar-refractivity contribution < 1.29 is 52.7 Å². The van der Waals surface area contributed by atoms with Crippen molar-refractivity contribution >= 4 is 22.7 Å². The fourth-order valence-electron chi connectivity index (χ4n) is 5.12. The van der Waals surface area contributed by atoms with Crippen LogP contribution in [0.3, 0.4) is 0 Å². The molecule has 0 fully saturated rings. The number of nitrogen functional groups attached to an aromatic ring is 2. The molecule has 5 rings (SSSR count). The Labute approximate surface area is 263 Å². The molecule has 16 heteroatoms. The summed E-state index contributed by atoms with van der Waals surface area (Å²) in [6.07, 6.45) is -15.6. The maximum atomic E-state index is 14.1. The SMILES string of the molecule is Nc1ccc(-c2ccc(N3C=CN(c4ccc(-c5ccc(N)cc5C(F)(F)F)c(C(F)(F)F)c4)C=C3)cc2C(F)(F)F)c(C(F)(F)F)c1. The Morgan fingerprint density at radius 1 is 0.354 bits per heavy atom. The molecule has 252 valence electrons. The Morgan fingerprint density at radius 2 is 0.604 bits per heavy atom. The number of anilines is 4. The number of nitrogens with zero attached hydrogens (tertiary/aromatic N) is 2. The summed E-state index contributed by atoms with van der Waals surface area (Å²) in [4.78, 5) is 2.26. The summed E-state index contributed by atoms with van der Waals surface area (Å²) in [5, 5.41) is 0. The molecule has 4 aromatic rings. The van der Waals surface area contributed by atoms with Gasteiger partial charge in [-0.1, -0.05) is 24.3 Å². The fraction of sp³-hybridized carbons (Fsp3) is 0.125. The molecule has 0 radical (unpaired) electrons. The highest BCUT2D eigenvalue weighted by atomic mass is 19.4. The van der Waals surface area contributed by atoms with E-state index in [0.717, 1.165) is 58.3 Å². The molecule has 0 unspecified atom stereocenters. The van der Waals surface area contributed by atoms with Gasteiger partial charge in [0.2, 0.25) is 0 Å². The highest BCUT2D eigenvalue weighted by molar-refractivity contribution is 5.78. The molecular formula is C32H20F12N4. The molecule has 0 atom stereocenters. The third kappa shape index (κ3) is 6.87. The lowest BCUT2D eigenvalue weighted by Crippen LogP contribution is -2.20. The quantitative estimate of drug-likeness (QED) is 0.166. The maximum Gasteiger partial charge on any atom is 0.417 e. The van der Waals surface area contributed by atoms with Gasteiger partial charge >= 0.3 is 24.7 Å². The van der Waals surface area contributed by atoms with E-state index in [9.17, 15) is 52.7 Å². The number of hydrogen-bond donors (Lipinski definition) is 2. The monoisotopic (exact) mass is 688 g/mol. The van der Waals surface area contributed by atoms with Crippen molar-refractivity contribution in [2.75, 3.05) is 21.3 Å². The van der Waals surface area contributed by atoms with E-state index in [4.69, 9.17) is 11.5 Å². The Kier molecular flexibility index (Phi) is 8.34. The number of nitrogens with two attached hydrogens (primary N) is 2. The van der Waals surface area contributed by atoms with Crippen LogP contribution in [0.2, 0.25) is 0 Å². The molecule has 1 heterocycles. The summed E-state index contributed by atoms with van der Waals surface area (Å²) < 4.78 is 167. The van der Waals surface area contributed by atoms with Crippen LogP contribution in [0, 0.1) is 0 Å². The van der Waals surface area contributed by atoms with Crippen molar-refractivity contribution in [3.05, 3.63) is 120 Å². The van der Waals surface area contributed by atoms with Gasteiger partial charge in [0.05, 0.1) is 22.3 Å². The third-order valence-corrected chi connectivity index (χ3v) is 7.27. The zero-order chi connectivity index (χ0) is 35.4. The van der Waals surface area contributed by atoms with E-state index in [2.05, 4.69) is 0 Å². The van der Waals surface area contributed by atoms with Gasteiger partial charge in [-0.25, -0.2) is 0 Å². The predicted octanol–water partition coefficient (Wildman–Crippen LogP) is 10.5. The van der Waals surface area contributed by atoms with Crippen LogP contribution in [0.25, 0.3) is 22.3 Å². The smallest absolute Gasteiger partial charge is 0.399 e. The molecule has 0 amide bonds. The predicted molar refractivity (Wildman–Crippen MR) is 156 cm³/mol. The molecule has 0 aromatic heterocycles. The van der Waals surface area contributed by atoms with E-state index in [0.29, 0.717) is 24.3 Å². The highest BCUT2D eigenvalue weighted by Gasteiger charge is 2.40. The first kappa shape index (κ1) is 34.1. The standard InChI is InChI=1S/C32H20F12N4/c33-29(34,35)25-13-17(45)1-5-21(25)23-7-3-19(15-27(23)31(39,40)41)47-9-11-48(12-10-47)20-4-8-24(28(16-20)32(42,43)44)22-6-2-18(46)14-26(22)30(36,37)38/h1-16H,45-46H2. The van der Waals surface area contributed by atoms with Crippen molar-refractivity contribution in [1.29, 1.82) is 0 Å². The average Bonchev–Trinajstić information content (AvgIpc) is 2.99. The van der Waals surface area contributed by atoms with Crippen LogP contribution >= 0.6 is 0 Å². The largest absolute Gasteiger partial charge is 0.417 e. The zero-order valence-electron chi connectivity index (χ0n) is 23.8.